The molecule has 0 bridgehead atoms. The highest BCUT2D eigenvalue weighted by Crippen LogP contribution is 2.34. The summed E-state index contributed by atoms with van der Waals surface area (Å²) in [6, 6.07) is 5.83. The van der Waals surface area contributed by atoms with Gasteiger partial charge in [0.05, 0.1) is 6.61 Å². The van der Waals surface area contributed by atoms with E-state index in [0.717, 1.165) is 23.8 Å². The van der Waals surface area contributed by atoms with Crippen LogP contribution in [0.2, 0.25) is 5.02 Å². The maximum Gasteiger partial charge on any atom is 0.122 e. The van der Waals surface area contributed by atoms with Crippen molar-refractivity contribution in [3.05, 3.63) is 28.8 Å². The molecule has 1 aromatic rings. The molecule has 1 nitrogen and oxygen atoms in total. The second kappa shape index (κ2) is 5.26. The van der Waals surface area contributed by atoms with Gasteiger partial charge in [-0.25, -0.2) is 0 Å². The smallest absolute Gasteiger partial charge is 0.122 e. The maximum absolute atomic E-state index is 5.89. The molecule has 0 spiro atoms. The molecule has 0 aliphatic carbocycles. The lowest BCUT2D eigenvalue weighted by molar-refractivity contribution is 0.272. The summed E-state index contributed by atoms with van der Waals surface area (Å²) in [5.74, 6) is 1.57. The van der Waals surface area contributed by atoms with Crippen LogP contribution >= 0.6 is 11.6 Å². The molecule has 2 heteroatoms. The van der Waals surface area contributed by atoms with Crippen molar-refractivity contribution in [2.45, 2.75) is 33.1 Å². The molecule has 0 N–H and O–H groups in total. The summed E-state index contributed by atoms with van der Waals surface area (Å²) in [5.41, 5.74) is 1.24. The summed E-state index contributed by atoms with van der Waals surface area (Å²) in [4.78, 5) is 0. The predicted octanol–water partition coefficient (Wildman–Crippen LogP) is 4.25. The van der Waals surface area contributed by atoms with Gasteiger partial charge in [0.15, 0.2) is 0 Å². The first-order chi connectivity index (χ1) is 6.77. The summed E-state index contributed by atoms with van der Waals surface area (Å²) in [6.07, 6.45) is 1.09. The third-order valence-electron chi connectivity index (χ3n) is 2.31. The normalized spacial score (nSPS) is 18.7. The molecular formula is C12H17ClO. The lowest BCUT2D eigenvalue weighted by Crippen LogP contribution is -2.11. The zero-order chi connectivity index (χ0) is 10.6. The Morgan fingerprint density at radius 2 is 2.07 bits per heavy atom. The molecule has 0 aromatic heterocycles. The van der Waals surface area contributed by atoms with Crippen LogP contribution in [0.1, 0.15) is 38.7 Å². The van der Waals surface area contributed by atoms with Gasteiger partial charge in [0.25, 0.3) is 0 Å². The molecule has 0 saturated carbocycles. The fraction of sp³-hybridized carbons (Fsp3) is 0.500. The highest BCUT2D eigenvalue weighted by atomic mass is 35.5. The molecule has 1 aromatic carbocycles. The van der Waals surface area contributed by atoms with E-state index >= 15 is 0 Å². The largest absolute Gasteiger partial charge is 0.493 e. The molecule has 0 fully saturated rings. The first kappa shape index (κ1) is 11.4. The number of halogens is 1. The van der Waals surface area contributed by atoms with Crippen molar-refractivity contribution in [3.63, 3.8) is 0 Å². The molecule has 78 valence electrons. The Bertz CT molecular complexity index is 296. The van der Waals surface area contributed by atoms with Crippen LogP contribution in [0.5, 0.6) is 5.75 Å². The Morgan fingerprint density at radius 1 is 1.36 bits per heavy atom. The van der Waals surface area contributed by atoms with E-state index in [1.54, 1.807) is 0 Å². The Morgan fingerprint density at radius 3 is 2.79 bits per heavy atom. The molecular weight excluding hydrogens is 196 g/mol. The van der Waals surface area contributed by atoms with Gasteiger partial charge in [-0.2, -0.15) is 0 Å². The van der Waals surface area contributed by atoms with Crippen LogP contribution in [-0.2, 0) is 0 Å². The van der Waals surface area contributed by atoms with Gasteiger partial charge in [-0.3, -0.25) is 0 Å². The van der Waals surface area contributed by atoms with E-state index in [1.807, 2.05) is 32.0 Å². The van der Waals surface area contributed by atoms with E-state index in [0.29, 0.717) is 5.92 Å². The standard InChI is InChI=1S/C10H11ClO.C2H6/c1-7-4-5-12-10-3-2-8(11)6-9(7)10;1-2/h2-3,6-7H,4-5H2,1H3;1-2H3. The van der Waals surface area contributed by atoms with Gasteiger partial charge in [-0.1, -0.05) is 32.4 Å². The van der Waals surface area contributed by atoms with Crippen molar-refractivity contribution < 1.29 is 4.74 Å². The van der Waals surface area contributed by atoms with Crippen LogP contribution in [0.25, 0.3) is 0 Å². The van der Waals surface area contributed by atoms with E-state index in [4.69, 9.17) is 16.3 Å². The van der Waals surface area contributed by atoms with E-state index in [2.05, 4.69) is 6.92 Å². The van der Waals surface area contributed by atoms with E-state index in [1.165, 1.54) is 5.56 Å². The Kier molecular flexibility index (Phi) is 4.27. The topological polar surface area (TPSA) is 9.23 Å². The zero-order valence-electron chi connectivity index (χ0n) is 9.01. The Hall–Kier alpha value is -0.690. The van der Waals surface area contributed by atoms with Crippen molar-refractivity contribution >= 4 is 11.6 Å². The van der Waals surface area contributed by atoms with Gasteiger partial charge in [0.1, 0.15) is 5.75 Å². The van der Waals surface area contributed by atoms with Crippen LogP contribution in [0.3, 0.4) is 0 Å². The third kappa shape index (κ3) is 2.42. The summed E-state index contributed by atoms with van der Waals surface area (Å²) in [7, 11) is 0. The zero-order valence-corrected chi connectivity index (χ0v) is 9.77. The lowest BCUT2D eigenvalue weighted by atomic mass is 9.95. The van der Waals surface area contributed by atoms with E-state index < -0.39 is 0 Å². The van der Waals surface area contributed by atoms with Crippen LogP contribution in [0.15, 0.2) is 18.2 Å². The average molecular weight is 213 g/mol. The summed E-state index contributed by atoms with van der Waals surface area (Å²) in [5, 5.41) is 0.797. The lowest BCUT2D eigenvalue weighted by Gasteiger charge is -2.22. The first-order valence-electron chi connectivity index (χ1n) is 5.19. The van der Waals surface area contributed by atoms with Gasteiger partial charge >= 0.3 is 0 Å². The minimum atomic E-state index is 0.576. The second-order valence-electron chi connectivity index (χ2n) is 3.22. The minimum Gasteiger partial charge on any atom is -0.493 e. The van der Waals surface area contributed by atoms with Gasteiger partial charge in [0.2, 0.25) is 0 Å². The number of hydrogen-bond acceptors (Lipinski definition) is 1. The van der Waals surface area contributed by atoms with Crippen molar-refractivity contribution in [1.29, 1.82) is 0 Å². The quantitative estimate of drug-likeness (QED) is 0.625. The molecule has 0 amide bonds. The third-order valence-corrected chi connectivity index (χ3v) is 2.55. The molecule has 1 heterocycles. The molecule has 1 aliphatic rings. The van der Waals surface area contributed by atoms with Crippen molar-refractivity contribution in [1.82, 2.24) is 0 Å². The van der Waals surface area contributed by atoms with Gasteiger partial charge < -0.3 is 4.74 Å². The predicted molar refractivity (Wildman–Crippen MR) is 61.3 cm³/mol. The fourth-order valence-corrected chi connectivity index (χ4v) is 1.72. The molecule has 1 unspecified atom stereocenters. The molecule has 0 saturated heterocycles. The van der Waals surface area contributed by atoms with Crippen LogP contribution in [0.4, 0.5) is 0 Å². The SMILES string of the molecule is CC.CC1CCOc2ccc(Cl)cc21. The van der Waals surface area contributed by atoms with E-state index in [-0.39, 0.29) is 0 Å². The van der Waals surface area contributed by atoms with Crippen LogP contribution in [0, 0.1) is 0 Å². The van der Waals surface area contributed by atoms with E-state index in [9.17, 15) is 0 Å². The van der Waals surface area contributed by atoms with Gasteiger partial charge in [-0.15, -0.1) is 0 Å². The van der Waals surface area contributed by atoms with Crippen molar-refractivity contribution in [2.24, 2.45) is 0 Å². The van der Waals surface area contributed by atoms with Gasteiger partial charge in [-0.05, 0) is 36.1 Å². The molecule has 1 atom stereocenters. The molecule has 14 heavy (non-hydrogen) atoms. The summed E-state index contributed by atoms with van der Waals surface area (Å²) >= 11 is 5.89. The summed E-state index contributed by atoms with van der Waals surface area (Å²) in [6.45, 7) is 7.04. The number of rotatable bonds is 0. The Labute approximate surface area is 91.0 Å². The number of benzene rings is 1. The summed E-state index contributed by atoms with van der Waals surface area (Å²) < 4.78 is 5.49. The fourth-order valence-electron chi connectivity index (χ4n) is 1.54. The number of hydrogen-bond donors (Lipinski definition) is 0. The molecule has 2 rings (SSSR count). The first-order valence-corrected chi connectivity index (χ1v) is 5.57. The monoisotopic (exact) mass is 212 g/mol. The number of ether oxygens (including phenoxy) is 1. The average Bonchev–Trinajstić information content (AvgIpc) is 2.22. The number of fused-ring (bicyclic) bond motifs is 1. The maximum atomic E-state index is 5.89. The van der Waals surface area contributed by atoms with Crippen molar-refractivity contribution in [2.75, 3.05) is 6.61 Å². The Balaban J connectivity index is 0.000000461. The van der Waals surface area contributed by atoms with Gasteiger partial charge in [0, 0.05) is 5.02 Å². The van der Waals surface area contributed by atoms with Crippen LogP contribution < -0.4 is 4.74 Å². The van der Waals surface area contributed by atoms with Crippen LogP contribution in [-0.4, -0.2) is 6.61 Å². The second-order valence-corrected chi connectivity index (χ2v) is 3.66. The minimum absolute atomic E-state index is 0.576. The molecule has 0 radical (unpaired) electrons. The molecule has 1 aliphatic heterocycles. The highest BCUT2D eigenvalue weighted by Gasteiger charge is 2.17. The van der Waals surface area contributed by atoms with Crippen molar-refractivity contribution in [3.8, 4) is 5.75 Å². The highest BCUT2D eigenvalue weighted by molar-refractivity contribution is 6.30.